The normalized spacial score (nSPS) is 18.9. The van der Waals surface area contributed by atoms with E-state index in [0.29, 0.717) is 6.42 Å². The number of carbonyl (C=O) groups is 1. The molecular formula is C23H29N3O2. The molecule has 1 saturated heterocycles. The second-order valence-corrected chi connectivity index (χ2v) is 7.81. The SMILES string of the molecule is CN1C(=O)CCc2cc(C(O)CCN3CCN(c4ccccc4)CC3)ccc21. The van der Waals surface area contributed by atoms with Crippen LogP contribution >= 0.6 is 0 Å². The lowest BCUT2D eigenvalue weighted by molar-refractivity contribution is -0.118. The number of para-hydroxylation sites is 1. The third-order valence-corrected chi connectivity index (χ3v) is 6.04. The van der Waals surface area contributed by atoms with Crippen LogP contribution in [0.25, 0.3) is 0 Å². The maximum Gasteiger partial charge on any atom is 0.227 e. The molecule has 2 heterocycles. The second kappa shape index (κ2) is 8.33. The van der Waals surface area contributed by atoms with E-state index in [1.807, 2.05) is 19.2 Å². The predicted octanol–water partition coefficient (Wildman–Crippen LogP) is 2.84. The highest BCUT2D eigenvalue weighted by molar-refractivity contribution is 5.95. The van der Waals surface area contributed by atoms with Gasteiger partial charge in [0.2, 0.25) is 5.91 Å². The van der Waals surface area contributed by atoms with Crippen molar-refractivity contribution in [3.8, 4) is 0 Å². The molecular weight excluding hydrogens is 350 g/mol. The fraction of sp³-hybridized carbons (Fsp3) is 0.435. The molecule has 1 atom stereocenters. The number of aliphatic hydroxyl groups is 1. The number of aliphatic hydroxyl groups excluding tert-OH is 1. The molecule has 2 aliphatic heterocycles. The number of hydrogen-bond donors (Lipinski definition) is 1. The van der Waals surface area contributed by atoms with Crippen LogP contribution in [0.2, 0.25) is 0 Å². The second-order valence-electron chi connectivity index (χ2n) is 7.81. The summed E-state index contributed by atoms with van der Waals surface area (Å²) in [5.41, 5.74) is 4.39. The quantitative estimate of drug-likeness (QED) is 0.868. The molecule has 1 amide bonds. The first kappa shape index (κ1) is 19.0. The van der Waals surface area contributed by atoms with Crippen molar-refractivity contribution in [2.24, 2.45) is 0 Å². The molecule has 4 rings (SSSR count). The van der Waals surface area contributed by atoms with E-state index >= 15 is 0 Å². The van der Waals surface area contributed by atoms with Gasteiger partial charge in [-0.1, -0.05) is 30.3 Å². The lowest BCUT2D eigenvalue weighted by atomic mass is 9.96. The van der Waals surface area contributed by atoms with Gasteiger partial charge in [-0.25, -0.2) is 0 Å². The Labute approximate surface area is 167 Å². The largest absolute Gasteiger partial charge is 0.388 e. The van der Waals surface area contributed by atoms with E-state index in [1.54, 1.807) is 4.90 Å². The molecule has 0 aliphatic carbocycles. The van der Waals surface area contributed by atoms with E-state index in [-0.39, 0.29) is 5.91 Å². The molecule has 1 unspecified atom stereocenters. The van der Waals surface area contributed by atoms with Crippen molar-refractivity contribution in [2.45, 2.75) is 25.4 Å². The zero-order valence-corrected chi connectivity index (χ0v) is 16.6. The summed E-state index contributed by atoms with van der Waals surface area (Å²) >= 11 is 0. The van der Waals surface area contributed by atoms with Crippen LogP contribution in [0.5, 0.6) is 0 Å². The first-order chi connectivity index (χ1) is 13.6. The van der Waals surface area contributed by atoms with Crippen LogP contribution in [-0.4, -0.2) is 55.7 Å². The van der Waals surface area contributed by atoms with E-state index in [2.05, 4.69) is 46.2 Å². The average Bonchev–Trinajstić information content (AvgIpc) is 2.75. The number of rotatable bonds is 5. The van der Waals surface area contributed by atoms with Gasteiger partial charge >= 0.3 is 0 Å². The maximum atomic E-state index is 11.8. The number of fused-ring (bicyclic) bond motifs is 1. The van der Waals surface area contributed by atoms with Gasteiger partial charge in [0.25, 0.3) is 0 Å². The molecule has 148 valence electrons. The van der Waals surface area contributed by atoms with Crippen molar-refractivity contribution in [3.05, 3.63) is 59.7 Å². The van der Waals surface area contributed by atoms with Crippen LogP contribution in [0.15, 0.2) is 48.5 Å². The van der Waals surface area contributed by atoms with Crippen molar-refractivity contribution in [2.75, 3.05) is 49.6 Å². The number of hydrogen-bond acceptors (Lipinski definition) is 4. The fourth-order valence-electron chi connectivity index (χ4n) is 4.22. The minimum atomic E-state index is -0.458. The smallest absolute Gasteiger partial charge is 0.227 e. The summed E-state index contributed by atoms with van der Waals surface area (Å²) in [5.74, 6) is 0.162. The van der Waals surface area contributed by atoms with E-state index in [1.165, 1.54) is 5.69 Å². The Morgan fingerprint density at radius 1 is 1.00 bits per heavy atom. The van der Waals surface area contributed by atoms with Crippen LogP contribution < -0.4 is 9.80 Å². The minimum absolute atomic E-state index is 0.162. The highest BCUT2D eigenvalue weighted by Crippen LogP contribution is 2.30. The summed E-state index contributed by atoms with van der Waals surface area (Å²) in [6.07, 6.45) is 1.59. The molecule has 28 heavy (non-hydrogen) atoms. The Balaban J connectivity index is 1.29. The standard InChI is InChI=1S/C23H29N3O2/c1-24-21-9-7-19(17-18(21)8-10-23(24)28)22(27)11-12-25-13-15-26(16-14-25)20-5-3-2-4-6-20/h2-7,9,17,22,27H,8,10-16H2,1H3. The highest BCUT2D eigenvalue weighted by Gasteiger charge is 2.22. The lowest BCUT2D eigenvalue weighted by Gasteiger charge is -2.36. The molecule has 0 radical (unpaired) electrons. The first-order valence-corrected chi connectivity index (χ1v) is 10.2. The maximum absolute atomic E-state index is 11.8. The third kappa shape index (κ3) is 4.05. The van der Waals surface area contributed by atoms with Crippen molar-refractivity contribution < 1.29 is 9.90 Å². The first-order valence-electron chi connectivity index (χ1n) is 10.2. The summed E-state index contributed by atoms with van der Waals surface area (Å²) < 4.78 is 0. The van der Waals surface area contributed by atoms with E-state index < -0.39 is 6.10 Å². The summed E-state index contributed by atoms with van der Waals surface area (Å²) in [7, 11) is 1.82. The summed E-state index contributed by atoms with van der Waals surface area (Å²) in [4.78, 5) is 18.4. The molecule has 2 aromatic carbocycles. The van der Waals surface area contributed by atoms with Gasteiger partial charge in [-0.15, -0.1) is 0 Å². The minimum Gasteiger partial charge on any atom is -0.388 e. The van der Waals surface area contributed by atoms with Gasteiger partial charge in [-0.2, -0.15) is 0 Å². The van der Waals surface area contributed by atoms with E-state index in [0.717, 1.165) is 62.4 Å². The zero-order chi connectivity index (χ0) is 19.5. The molecule has 5 nitrogen and oxygen atoms in total. The van der Waals surface area contributed by atoms with Crippen LogP contribution in [0.3, 0.4) is 0 Å². The molecule has 1 fully saturated rings. The average molecular weight is 380 g/mol. The molecule has 0 saturated carbocycles. The highest BCUT2D eigenvalue weighted by atomic mass is 16.3. The van der Waals surface area contributed by atoms with Gasteiger partial charge in [-0.3, -0.25) is 9.69 Å². The number of anilines is 2. The molecule has 1 N–H and O–H groups in total. The number of benzene rings is 2. The van der Waals surface area contributed by atoms with Crippen molar-refractivity contribution in [1.82, 2.24) is 4.90 Å². The Morgan fingerprint density at radius 2 is 1.75 bits per heavy atom. The van der Waals surface area contributed by atoms with Gasteiger partial charge < -0.3 is 14.9 Å². The Morgan fingerprint density at radius 3 is 2.50 bits per heavy atom. The summed E-state index contributed by atoms with van der Waals surface area (Å²) in [6, 6.07) is 16.6. The molecule has 2 aromatic rings. The Hall–Kier alpha value is -2.37. The molecule has 2 aliphatic rings. The molecule has 0 aromatic heterocycles. The number of amides is 1. The van der Waals surface area contributed by atoms with Gasteiger partial charge in [0.05, 0.1) is 6.10 Å². The predicted molar refractivity (Wildman–Crippen MR) is 113 cm³/mol. The topological polar surface area (TPSA) is 47.0 Å². The number of carbonyl (C=O) groups excluding carboxylic acids is 1. The monoisotopic (exact) mass is 379 g/mol. The zero-order valence-electron chi connectivity index (χ0n) is 16.6. The fourth-order valence-corrected chi connectivity index (χ4v) is 4.22. The van der Waals surface area contributed by atoms with Gasteiger partial charge in [0.15, 0.2) is 0 Å². The molecule has 0 spiro atoms. The van der Waals surface area contributed by atoms with Crippen LogP contribution in [0, 0.1) is 0 Å². The Kier molecular flexibility index (Phi) is 5.64. The number of piperazine rings is 1. The number of nitrogens with zero attached hydrogens (tertiary/aromatic N) is 3. The van der Waals surface area contributed by atoms with E-state index in [4.69, 9.17) is 0 Å². The van der Waals surface area contributed by atoms with Gasteiger partial charge in [0, 0.05) is 57.6 Å². The van der Waals surface area contributed by atoms with Crippen LogP contribution in [0.1, 0.15) is 30.1 Å². The van der Waals surface area contributed by atoms with E-state index in [9.17, 15) is 9.90 Å². The van der Waals surface area contributed by atoms with Crippen molar-refractivity contribution >= 4 is 17.3 Å². The van der Waals surface area contributed by atoms with Crippen LogP contribution in [-0.2, 0) is 11.2 Å². The van der Waals surface area contributed by atoms with Crippen LogP contribution in [0.4, 0.5) is 11.4 Å². The lowest BCUT2D eigenvalue weighted by Crippen LogP contribution is -2.46. The van der Waals surface area contributed by atoms with Gasteiger partial charge in [-0.05, 0) is 42.2 Å². The summed E-state index contributed by atoms with van der Waals surface area (Å²) in [6.45, 7) is 5.01. The molecule has 0 bridgehead atoms. The van der Waals surface area contributed by atoms with Crippen molar-refractivity contribution in [1.29, 1.82) is 0 Å². The summed E-state index contributed by atoms with van der Waals surface area (Å²) in [5, 5.41) is 10.7. The molecule has 5 heteroatoms. The third-order valence-electron chi connectivity index (χ3n) is 6.04. The van der Waals surface area contributed by atoms with Gasteiger partial charge in [0.1, 0.15) is 0 Å². The Bertz CT molecular complexity index is 816. The van der Waals surface area contributed by atoms with Crippen molar-refractivity contribution in [3.63, 3.8) is 0 Å². The number of aryl methyl sites for hydroxylation is 1.